The van der Waals surface area contributed by atoms with Crippen LogP contribution < -0.4 is 10.1 Å². The number of carbonyl (C=O) groups is 1. The zero-order valence-corrected chi connectivity index (χ0v) is 12.6. The molecular formula is C15H20ClFN2O2. The van der Waals surface area contributed by atoms with Crippen LogP contribution in [0, 0.1) is 17.7 Å². The normalized spacial score (nSPS) is 23.6. The maximum absolute atomic E-state index is 13.3. The topological polar surface area (TPSA) is 41.6 Å². The van der Waals surface area contributed by atoms with Crippen LogP contribution in [0.2, 0.25) is 0 Å². The zero-order valence-electron chi connectivity index (χ0n) is 11.8. The van der Waals surface area contributed by atoms with Crippen molar-refractivity contribution in [3.63, 3.8) is 0 Å². The Hall–Kier alpha value is -1.33. The minimum absolute atomic E-state index is 0. The maximum atomic E-state index is 13.3. The number of nitrogens with zero attached hydrogens (tertiary/aromatic N) is 1. The lowest BCUT2D eigenvalue weighted by Crippen LogP contribution is -2.32. The molecule has 2 fully saturated rings. The van der Waals surface area contributed by atoms with Gasteiger partial charge in [-0.3, -0.25) is 4.79 Å². The first-order valence-electron chi connectivity index (χ1n) is 7.10. The fraction of sp³-hybridized carbons (Fsp3) is 0.533. The second-order valence-corrected chi connectivity index (χ2v) is 5.51. The first-order valence-corrected chi connectivity index (χ1v) is 7.10. The van der Waals surface area contributed by atoms with Crippen LogP contribution in [0.1, 0.15) is 6.42 Å². The van der Waals surface area contributed by atoms with Gasteiger partial charge in [-0.05, 0) is 24.0 Å². The second kappa shape index (κ2) is 7.09. The molecule has 0 aromatic heterocycles. The van der Waals surface area contributed by atoms with Gasteiger partial charge in [0.25, 0.3) is 0 Å². The van der Waals surface area contributed by atoms with E-state index in [1.54, 1.807) is 18.2 Å². The highest BCUT2D eigenvalue weighted by Gasteiger charge is 2.37. The summed E-state index contributed by atoms with van der Waals surface area (Å²) in [7, 11) is 0. The summed E-state index contributed by atoms with van der Waals surface area (Å²) in [5, 5.41) is 3.35. The lowest BCUT2D eigenvalue weighted by molar-refractivity contribution is -0.130. The number of likely N-dealkylation sites (tertiary alicyclic amines) is 1. The Bertz CT molecular complexity index is 488. The molecule has 1 aromatic rings. The molecule has 0 radical (unpaired) electrons. The molecule has 4 nitrogen and oxygen atoms in total. The fourth-order valence-electron chi connectivity index (χ4n) is 3.03. The van der Waals surface area contributed by atoms with Crippen molar-refractivity contribution in [1.82, 2.24) is 10.2 Å². The van der Waals surface area contributed by atoms with Crippen LogP contribution >= 0.6 is 12.4 Å². The number of para-hydroxylation sites is 1. The Labute approximate surface area is 130 Å². The SMILES string of the molecule is Cl.O=C(CCOc1ccccc1F)N1C[C@H]2CNC[C@H]2C1. The second-order valence-electron chi connectivity index (χ2n) is 5.51. The molecule has 3 rings (SSSR count). The summed E-state index contributed by atoms with van der Waals surface area (Å²) in [6.07, 6.45) is 0.307. The van der Waals surface area contributed by atoms with Gasteiger partial charge in [0.2, 0.25) is 5.91 Å². The lowest BCUT2D eigenvalue weighted by Gasteiger charge is -2.17. The maximum Gasteiger partial charge on any atom is 0.226 e. The van der Waals surface area contributed by atoms with E-state index in [1.807, 2.05) is 4.90 Å². The number of hydrogen-bond acceptors (Lipinski definition) is 3. The third kappa shape index (κ3) is 3.66. The molecule has 0 aliphatic carbocycles. The molecule has 116 valence electrons. The number of ether oxygens (including phenoxy) is 1. The molecule has 2 aliphatic rings. The largest absolute Gasteiger partial charge is 0.490 e. The molecule has 0 spiro atoms. The van der Waals surface area contributed by atoms with E-state index < -0.39 is 0 Å². The number of rotatable bonds is 4. The summed E-state index contributed by atoms with van der Waals surface area (Å²) in [6.45, 7) is 3.94. The summed E-state index contributed by atoms with van der Waals surface area (Å²) in [5.41, 5.74) is 0. The summed E-state index contributed by atoms with van der Waals surface area (Å²) >= 11 is 0. The van der Waals surface area contributed by atoms with Crippen molar-refractivity contribution in [2.45, 2.75) is 6.42 Å². The van der Waals surface area contributed by atoms with Crippen LogP contribution in [0.25, 0.3) is 0 Å². The van der Waals surface area contributed by atoms with Crippen molar-refractivity contribution in [2.75, 3.05) is 32.8 Å². The minimum Gasteiger partial charge on any atom is -0.490 e. The van der Waals surface area contributed by atoms with E-state index in [2.05, 4.69) is 5.32 Å². The van der Waals surface area contributed by atoms with Crippen molar-refractivity contribution < 1.29 is 13.9 Å². The van der Waals surface area contributed by atoms with Gasteiger partial charge < -0.3 is 15.0 Å². The highest BCUT2D eigenvalue weighted by Crippen LogP contribution is 2.26. The Morgan fingerprint density at radius 2 is 1.95 bits per heavy atom. The standard InChI is InChI=1S/C15H19FN2O2.ClH/c16-13-3-1-2-4-14(13)20-6-5-15(19)18-9-11-7-17-8-12(11)10-18;/h1-4,11-12,17H,5-10H2;1H/t11-,12+;. The summed E-state index contributed by atoms with van der Waals surface area (Å²) in [4.78, 5) is 14.0. The molecule has 2 saturated heterocycles. The molecule has 1 N–H and O–H groups in total. The highest BCUT2D eigenvalue weighted by atomic mass is 35.5. The lowest BCUT2D eigenvalue weighted by atomic mass is 10.0. The fourth-order valence-corrected chi connectivity index (χ4v) is 3.03. The van der Waals surface area contributed by atoms with Gasteiger partial charge in [-0.15, -0.1) is 12.4 Å². The van der Waals surface area contributed by atoms with Crippen LogP contribution in [-0.4, -0.2) is 43.6 Å². The summed E-state index contributed by atoms with van der Waals surface area (Å²) in [6, 6.07) is 6.26. The molecule has 21 heavy (non-hydrogen) atoms. The van der Waals surface area contributed by atoms with Crippen molar-refractivity contribution in [3.05, 3.63) is 30.1 Å². The number of hydrogen-bond donors (Lipinski definition) is 1. The van der Waals surface area contributed by atoms with E-state index in [-0.39, 0.29) is 36.5 Å². The molecule has 2 heterocycles. The van der Waals surface area contributed by atoms with Gasteiger partial charge >= 0.3 is 0 Å². The van der Waals surface area contributed by atoms with E-state index in [9.17, 15) is 9.18 Å². The van der Waals surface area contributed by atoms with Crippen molar-refractivity contribution in [3.8, 4) is 5.75 Å². The van der Waals surface area contributed by atoms with E-state index >= 15 is 0 Å². The van der Waals surface area contributed by atoms with Gasteiger partial charge in [0.15, 0.2) is 11.6 Å². The zero-order chi connectivity index (χ0) is 13.9. The quantitative estimate of drug-likeness (QED) is 0.919. The molecule has 0 bridgehead atoms. The van der Waals surface area contributed by atoms with E-state index in [0.29, 0.717) is 18.3 Å². The van der Waals surface area contributed by atoms with Gasteiger partial charge in [0.05, 0.1) is 13.0 Å². The first kappa shape index (κ1) is 16.0. The molecule has 2 atom stereocenters. The Morgan fingerprint density at radius 3 is 2.62 bits per heavy atom. The van der Waals surface area contributed by atoms with Crippen molar-refractivity contribution >= 4 is 18.3 Å². The average molecular weight is 315 g/mol. The molecule has 2 aliphatic heterocycles. The smallest absolute Gasteiger partial charge is 0.226 e. The number of benzene rings is 1. The molecular weight excluding hydrogens is 295 g/mol. The number of halogens is 2. The van der Waals surface area contributed by atoms with Gasteiger partial charge in [-0.2, -0.15) is 0 Å². The Kier molecular flexibility index (Phi) is 5.42. The number of carbonyl (C=O) groups excluding carboxylic acids is 1. The monoisotopic (exact) mass is 314 g/mol. The number of nitrogens with one attached hydrogen (secondary N) is 1. The highest BCUT2D eigenvalue weighted by molar-refractivity contribution is 5.85. The molecule has 0 unspecified atom stereocenters. The third-order valence-electron chi connectivity index (χ3n) is 4.15. The minimum atomic E-state index is -0.387. The Morgan fingerprint density at radius 1 is 1.29 bits per heavy atom. The average Bonchev–Trinajstić information content (AvgIpc) is 3.01. The van der Waals surface area contributed by atoms with E-state index in [1.165, 1.54) is 6.07 Å². The van der Waals surface area contributed by atoms with Crippen LogP contribution in [0.4, 0.5) is 4.39 Å². The third-order valence-corrected chi connectivity index (χ3v) is 4.15. The van der Waals surface area contributed by atoms with Crippen molar-refractivity contribution in [1.29, 1.82) is 0 Å². The molecule has 1 amide bonds. The molecule has 0 saturated carbocycles. The van der Waals surface area contributed by atoms with Gasteiger partial charge in [0, 0.05) is 26.2 Å². The van der Waals surface area contributed by atoms with E-state index in [4.69, 9.17) is 4.74 Å². The molecule has 6 heteroatoms. The summed E-state index contributed by atoms with van der Waals surface area (Å²) in [5.74, 6) is 1.14. The number of amides is 1. The predicted molar refractivity (Wildman–Crippen MR) is 80.2 cm³/mol. The molecule has 1 aromatic carbocycles. The van der Waals surface area contributed by atoms with Crippen LogP contribution in [0.15, 0.2) is 24.3 Å². The predicted octanol–water partition coefficient (Wildman–Crippen LogP) is 1.69. The van der Waals surface area contributed by atoms with Gasteiger partial charge in [-0.25, -0.2) is 4.39 Å². The van der Waals surface area contributed by atoms with Crippen LogP contribution in [0.3, 0.4) is 0 Å². The van der Waals surface area contributed by atoms with Crippen LogP contribution in [-0.2, 0) is 4.79 Å². The number of fused-ring (bicyclic) bond motifs is 1. The van der Waals surface area contributed by atoms with Gasteiger partial charge in [0.1, 0.15) is 0 Å². The summed E-state index contributed by atoms with van der Waals surface area (Å²) < 4.78 is 18.7. The van der Waals surface area contributed by atoms with Gasteiger partial charge in [-0.1, -0.05) is 12.1 Å². The van der Waals surface area contributed by atoms with E-state index in [0.717, 1.165) is 26.2 Å². The first-order chi connectivity index (χ1) is 9.74. The Balaban J connectivity index is 0.00000161. The van der Waals surface area contributed by atoms with Crippen molar-refractivity contribution in [2.24, 2.45) is 11.8 Å². The van der Waals surface area contributed by atoms with Crippen LogP contribution in [0.5, 0.6) is 5.75 Å².